The highest BCUT2D eigenvalue weighted by molar-refractivity contribution is 7.89. The van der Waals surface area contributed by atoms with E-state index in [1.807, 2.05) is 26.8 Å². The van der Waals surface area contributed by atoms with Crippen LogP contribution in [0.15, 0.2) is 17.0 Å². The first kappa shape index (κ1) is 15.5. The molecule has 112 valence electrons. The van der Waals surface area contributed by atoms with Crippen LogP contribution in [0.25, 0.3) is 0 Å². The van der Waals surface area contributed by atoms with Crippen molar-refractivity contribution in [1.29, 1.82) is 0 Å². The van der Waals surface area contributed by atoms with Gasteiger partial charge < -0.3 is 5.73 Å². The van der Waals surface area contributed by atoms with Gasteiger partial charge in [-0.2, -0.15) is 4.31 Å². The Labute approximate surface area is 122 Å². The molecule has 0 radical (unpaired) electrons. The van der Waals surface area contributed by atoms with Gasteiger partial charge in [0.15, 0.2) is 0 Å². The average molecular weight is 296 g/mol. The molecule has 1 aliphatic heterocycles. The standard InChI is InChI=1S/C15H24N2O2S/c1-4-14-6-5-7-17(14)20(18,19)15-9-13(10-16)8-11(2)12(15)3/h8-9,14H,4-7,10,16H2,1-3H3. The second kappa shape index (κ2) is 5.84. The van der Waals surface area contributed by atoms with Gasteiger partial charge in [-0.1, -0.05) is 13.0 Å². The number of benzene rings is 1. The number of rotatable bonds is 4. The van der Waals surface area contributed by atoms with Gasteiger partial charge in [0.2, 0.25) is 10.0 Å². The molecule has 0 saturated carbocycles. The van der Waals surface area contributed by atoms with Gasteiger partial charge in [-0.15, -0.1) is 0 Å². The number of sulfonamides is 1. The number of aryl methyl sites for hydroxylation is 1. The van der Waals surface area contributed by atoms with Crippen LogP contribution in [0.1, 0.15) is 42.9 Å². The minimum atomic E-state index is -3.41. The topological polar surface area (TPSA) is 63.4 Å². The van der Waals surface area contributed by atoms with Crippen LogP contribution in [0.5, 0.6) is 0 Å². The molecule has 1 aliphatic rings. The minimum absolute atomic E-state index is 0.140. The van der Waals surface area contributed by atoms with E-state index in [1.165, 1.54) is 0 Å². The van der Waals surface area contributed by atoms with E-state index in [1.54, 1.807) is 10.4 Å². The molecular weight excluding hydrogens is 272 g/mol. The van der Waals surface area contributed by atoms with Crippen LogP contribution in [-0.2, 0) is 16.6 Å². The van der Waals surface area contributed by atoms with Gasteiger partial charge in [0, 0.05) is 19.1 Å². The van der Waals surface area contributed by atoms with Crippen LogP contribution in [0, 0.1) is 13.8 Å². The molecule has 1 atom stereocenters. The molecule has 1 heterocycles. The van der Waals surface area contributed by atoms with E-state index in [2.05, 4.69) is 0 Å². The maximum absolute atomic E-state index is 12.9. The third kappa shape index (κ3) is 2.62. The van der Waals surface area contributed by atoms with Crippen LogP contribution in [0.2, 0.25) is 0 Å². The Morgan fingerprint density at radius 2 is 2.05 bits per heavy atom. The summed E-state index contributed by atoms with van der Waals surface area (Å²) in [6, 6.07) is 3.85. The highest BCUT2D eigenvalue weighted by Gasteiger charge is 2.35. The molecule has 0 spiro atoms. The molecule has 1 aromatic carbocycles. The number of hydrogen-bond donors (Lipinski definition) is 1. The van der Waals surface area contributed by atoms with Crippen molar-refractivity contribution in [3.63, 3.8) is 0 Å². The molecule has 0 amide bonds. The summed E-state index contributed by atoms with van der Waals surface area (Å²) in [4.78, 5) is 0.429. The first-order chi connectivity index (χ1) is 9.41. The fraction of sp³-hybridized carbons (Fsp3) is 0.600. The third-order valence-corrected chi connectivity index (χ3v) is 6.37. The van der Waals surface area contributed by atoms with E-state index < -0.39 is 10.0 Å². The summed E-state index contributed by atoms with van der Waals surface area (Å²) in [6.45, 7) is 6.86. The van der Waals surface area contributed by atoms with Crippen molar-refractivity contribution in [3.8, 4) is 0 Å². The summed E-state index contributed by atoms with van der Waals surface area (Å²) in [5, 5.41) is 0. The first-order valence-electron chi connectivity index (χ1n) is 7.23. The second-order valence-corrected chi connectivity index (χ2v) is 7.42. The summed E-state index contributed by atoms with van der Waals surface area (Å²) in [6.07, 6.45) is 2.78. The largest absolute Gasteiger partial charge is 0.326 e. The number of nitrogens with two attached hydrogens (primary N) is 1. The summed E-state index contributed by atoms with van der Waals surface area (Å²) >= 11 is 0. The molecule has 20 heavy (non-hydrogen) atoms. The molecular formula is C15H24N2O2S. The Morgan fingerprint density at radius 1 is 1.35 bits per heavy atom. The van der Waals surface area contributed by atoms with Crippen molar-refractivity contribution in [1.82, 2.24) is 4.31 Å². The fourth-order valence-electron chi connectivity index (χ4n) is 2.94. The average Bonchev–Trinajstić information content (AvgIpc) is 2.90. The lowest BCUT2D eigenvalue weighted by Gasteiger charge is -2.24. The maximum Gasteiger partial charge on any atom is 0.243 e. The highest BCUT2D eigenvalue weighted by atomic mass is 32.2. The summed E-state index contributed by atoms with van der Waals surface area (Å²) in [5.41, 5.74) is 8.38. The lowest BCUT2D eigenvalue weighted by molar-refractivity contribution is 0.379. The summed E-state index contributed by atoms with van der Waals surface area (Å²) in [5.74, 6) is 0. The summed E-state index contributed by atoms with van der Waals surface area (Å²) in [7, 11) is -3.41. The Bertz CT molecular complexity index is 596. The van der Waals surface area contributed by atoms with Gasteiger partial charge in [0.05, 0.1) is 4.90 Å². The number of nitrogens with zero attached hydrogens (tertiary/aromatic N) is 1. The minimum Gasteiger partial charge on any atom is -0.326 e. The second-order valence-electron chi connectivity index (χ2n) is 5.56. The quantitative estimate of drug-likeness (QED) is 0.927. The van der Waals surface area contributed by atoms with E-state index in [0.717, 1.165) is 36.0 Å². The molecule has 1 fully saturated rings. The zero-order valence-corrected chi connectivity index (χ0v) is 13.3. The molecule has 4 nitrogen and oxygen atoms in total. The normalized spacial score (nSPS) is 20.5. The van der Waals surface area contributed by atoms with Gasteiger partial charge in [-0.3, -0.25) is 0 Å². The van der Waals surface area contributed by atoms with Crippen LogP contribution in [0.3, 0.4) is 0 Å². The summed E-state index contributed by atoms with van der Waals surface area (Å²) < 4.78 is 27.5. The van der Waals surface area contributed by atoms with E-state index in [9.17, 15) is 8.42 Å². The zero-order valence-electron chi connectivity index (χ0n) is 12.5. The van der Waals surface area contributed by atoms with Crippen molar-refractivity contribution >= 4 is 10.0 Å². The van der Waals surface area contributed by atoms with Crippen molar-refractivity contribution in [3.05, 3.63) is 28.8 Å². The van der Waals surface area contributed by atoms with Crippen LogP contribution in [-0.4, -0.2) is 25.3 Å². The molecule has 5 heteroatoms. The predicted octanol–water partition coefficient (Wildman–Crippen LogP) is 2.33. The van der Waals surface area contributed by atoms with Crippen LogP contribution < -0.4 is 5.73 Å². The Morgan fingerprint density at radius 3 is 2.65 bits per heavy atom. The number of hydrogen-bond acceptors (Lipinski definition) is 3. The van der Waals surface area contributed by atoms with Crippen molar-refractivity contribution in [2.75, 3.05) is 6.54 Å². The lowest BCUT2D eigenvalue weighted by atomic mass is 10.1. The smallest absolute Gasteiger partial charge is 0.243 e. The monoisotopic (exact) mass is 296 g/mol. The molecule has 0 bridgehead atoms. The molecule has 1 saturated heterocycles. The lowest BCUT2D eigenvalue weighted by Crippen LogP contribution is -2.35. The van der Waals surface area contributed by atoms with Crippen molar-refractivity contribution in [2.45, 2.75) is 57.5 Å². The SMILES string of the molecule is CCC1CCCN1S(=O)(=O)c1cc(CN)cc(C)c1C. The molecule has 0 aliphatic carbocycles. The van der Waals surface area contributed by atoms with Crippen LogP contribution in [0.4, 0.5) is 0 Å². The molecule has 2 rings (SSSR count). The van der Waals surface area contributed by atoms with Crippen molar-refractivity contribution < 1.29 is 8.42 Å². The highest BCUT2D eigenvalue weighted by Crippen LogP contribution is 2.30. The van der Waals surface area contributed by atoms with Gasteiger partial charge in [0.25, 0.3) is 0 Å². The molecule has 1 aromatic rings. The Hall–Kier alpha value is -0.910. The fourth-order valence-corrected chi connectivity index (χ4v) is 5.06. The zero-order chi connectivity index (χ0) is 14.9. The van der Waals surface area contributed by atoms with Gasteiger partial charge in [-0.05, 0) is 55.9 Å². The van der Waals surface area contributed by atoms with E-state index in [-0.39, 0.29) is 6.04 Å². The Kier molecular flexibility index (Phi) is 4.52. The first-order valence-corrected chi connectivity index (χ1v) is 8.67. The van der Waals surface area contributed by atoms with E-state index >= 15 is 0 Å². The third-order valence-electron chi connectivity index (χ3n) is 4.30. The molecule has 1 unspecified atom stereocenters. The van der Waals surface area contributed by atoms with E-state index in [4.69, 9.17) is 5.73 Å². The van der Waals surface area contributed by atoms with Gasteiger partial charge in [-0.25, -0.2) is 8.42 Å². The van der Waals surface area contributed by atoms with Crippen LogP contribution >= 0.6 is 0 Å². The van der Waals surface area contributed by atoms with Gasteiger partial charge in [0.1, 0.15) is 0 Å². The molecule has 2 N–H and O–H groups in total. The maximum atomic E-state index is 12.9. The Balaban J connectivity index is 2.51. The predicted molar refractivity (Wildman–Crippen MR) is 81.0 cm³/mol. The van der Waals surface area contributed by atoms with Gasteiger partial charge >= 0.3 is 0 Å². The van der Waals surface area contributed by atoms with E-state index in [0.29, 0.717) is 18.0 Å². The van der Waals surface area contributed by atoms with Crippen molar-refractivity contribution in [2.24, 2.45) is 5.73 Å². The molecule has 0 aromatic heterocycles.